The zero-order chi connectivity index (χ0) is 12.1. The van der Waals surface area contributed by atoms with E-state index in [0.717, 1.165) is 37.5 Å². The van der Waals surface area contributed by atoms with Crippen LogP contribution in [-0.4, -0.2) is 19.0 Å². The van der Waals surface area contributed by atoms with Gasteiger partial charge in [0, 0.05) is 24.7 Å². The fourth-order valence-corrected chi connectivity index (χ4v) is 2.59. The SMILES string of the molecule is Fc1ccc2c(c1)N(CCCCCCCl)CC2. The zero-order valence-electron chi connectivity index (χ0n) is 10.1. The third-order valence-electron chi connectivity index (χ3n) is 3.35. The van der Waals surface area contributed by atoms with Crippen molar-refractivity contribution in [2.45, 2.75) is 32.1 Å². The van der Waals surface area contributed by atoms with Gasteiger partial charge in [-0.1, -0.05) is 18.9 Å². The molecular formula is C14H19ClFN. The number of hydrogen-bond acceptors (Lipinski definition) is 1. The van der Waals surface area contributed by atoms with E-state index < -0.39 is 0 Å². The fourth-order valence-electron chi connectivity index (χ4n) is 2.40. The summed E-state index contributed by atoms with van der Waals surface area (Å²) in [6.07, 6.45) is 5.75. The maximum atomic E-state index is 13.2. The molecule has 94 valence electrons. The van der Waals surface area contributed by atoms with Crippen LogP contribution in [0.5, 0.6) is 0 Å². The zero-order valence-corrected chi connectivity index (χ0v) is 10.8. The number of fused-ring (bicyclic) bond motifs is 1. The maximum absolute atomic E-state index is 13.2. The van der Waals surface area contributed by atoms with Crippen molar-refractivity contribution < 1.29 is 4.39 Å². The second kappa shape index (κ2) is 6.25. The number of rotatable bonds is 6. The van der Waals surface area contributed by atoms with Crippen molar-refractivity contribution in [1.29, 1.82) is 0 Å². The summed E-state index contributed by atoms with van der Waals surface area (Å²) in [5.41, 5.74) is 2.38. The summed E-state index contributed by atoms with van der Waals surface area (Å²) < 4.78 is 13.2. The quantitative estimate of drug-likeness (QED) is 0.549. The van der Waals surface area contributed by atoms with E-state index >= 15 is 0 Å². The van der Waals surface area contributed by atoms with Crippen LogP contribution in [0.15, 0.2) is 18.2 Å². The van der Waals surface area contributed by atoms with Gasteiger partial charge in [-0.05, 0) is 37.0 Å². The monoisotopic (exact) mass is 255 g/mol. The van der Waals surface area contributed by atoms with Crippen molar-refractivity contribution >= 4 is 17.3 Å². The maximum Gasteiger partial charge on any atom is 0.125 e. The van der Waals surface area contributed by atoms with E-state index in [2.05, 4.69) is 4.90 Å². The summed E-state index contributed by atoms with van der Waals surface area (Å²) in [6, 6.07) is 5.14. The van der Waals surface area contributed by atoms with Crippen molar-refractivity contribution in [2.24, 2.45) is 0 Å². The van der Waals surface area contributed by atoms with E-state index in [0.29, 0.717) is 0 Å². The Kier molecular flexibility index (Phi) is 4.66. The molecule has 0 amide bonds. The van der Waals surface area contributed by atoms with Gasteiger partial charge in [-0.2, -0.15) is 0 Å². The molecule has 1 aromatic carbocycles. The Bertz CT molecular complexity index is 367. The minimum Gasteiger partial charge on any atom is -0.371 e. The summed E-state index contributed by atoms with van der Waals surface area (Å²) in [7, 11) is 0. The largest absolute Gasteiger partial charge is 0.371 e. The molecule has 1 nitrogen and oxygen atoms in total. The van der Waals surface area contributed by atoms with Crippen LogP contribution in [0, 0.1) is 5.82 Å². The van der Waals surface area contributed by atoms with Gasteiger partial charge in [0.25, 0.3) is 0 Å². The van der Waals surface area contributed by atoms with Gasteiger partial charge in [0.2, 0.25) is 0 Å². The highest BCUT2D eigenvalue weighted by atomic mass is 35.5. The summed E-state index contributed by atoms with van der Waals surface area (Å²) in [6.45, 7) is 2.08. The second-order valence-electron chi connectivity index (χ2n) is 4.61. The minimum absolute atomic E-state index is 0.127. The Labute approximate surface area is 108 Å². The number of benzene rings is 1. The first-order chi connectivity index (χ1) is 8.31. The van der Waals surface area contributed by atoms with E-state index in [4.69, 9.17) is 11.6 Å². The van der Waals surface area contributed by atoms with Crippen LogP contribution < -0.4 is 4.90 Å². The number of alkyl halides is 1. The molecule has 0 atom stereocenters. The first-order valence-corrected chi connectivity index (χ1v) is 6.94. The number of unbranched alkanes of at least 4 members (excludes halogenated alkanes) is 3. The molecule has 0 saturated heterocycles. The van der Waals surface area contributed by atoms with Gasteiger partial charge in [-0.25, -0.2) is 4.39 Å². The highest BCUT2D eigenvalue weighted by Crippen LogP contribution is 2.28. The van der Waals surface area contributed by atoms with Crippen molar-refractivity contribution in [2.75, 3.05) is 23.9 Å². The first kappa shape index (κ1) is 12.7. The Morgan fingerprint density at radius 2 is 2.00 bits per heavy atom. The molecule has 0 saturated carbocycles. The second-order valence-corrected chi connectivity index (χ2v) is 4.99. The first-order valence-electron chi connectivity index (χ1n) is 6.40. The smallest absolute Gasteiger partial charge is 0.125 e. The van der Waals surface area contributed by atoms with Gasteiger partial charge in [0.15, 0.2) is 0 Å². The van der Waals surface area contributed by atoms with Gasteiger partial charge in [0.1, 0.15) is 5.82 Å². The number of nitrogens with zero attached hydrogens (tertiary/aromatic N) is 1. The molecule has 0 aromatic heterocycles. The number of hydrogen-bond donors (Lipinski definition) is 0. The summed E-state index contributed by atoms with van der Waals surface area (Å²) >= 11 is 5.64. The standard InChI is InChI=1S/C14H19ClFN/c15-8-3-1-2-4-9-17-10-7-12-5-6-13(16)11-14(12)17/h5-6,11H,1-4,7-10H2. The van der Waals surface area contributed by atoms with Gasteiger partial charge in [-0.3, -0.25) is 0 Å². The molecule has 1 aliphatic rings. The van der Waals surface area contributed by atoms with Crippen LogP contribution in [0.3, 0.4) is 0 Å². The van der Waals surface area contributed by atoms with Gasteiger partial charge in [0.05, 0.1) is 0 Å². The van der Waals surface area contributed by atoms with E-state index in [9.17, 15) is 4.39 Å². The number of anilines is 1. The molecule has 0 fully saturated rings. The third-order valence-corrected chi connectivity index (χ3v) is 3.62. The molecule has 17 heavy (non-hydrogen) atoms. The van der Waals surface area contributed by atoms with Crippen LogP contribution in [0.4, 0.5) is 10.1 Å². The molecule has 0 spiro atoms. The molecule has 0 radical (unpaired) electrons. The van der Waals surface area contributed by atoms with E-state index in [-0.39, 0.29) is 5.82 Å². The molecule has 0 unspecified atom stereocenters. The lowest BCUT2D eigenvalue weighted by Gasteiger charge is -2.19. The molecule has 3 heteroatoms. The van der Waals surface area contributed by atoms with Crippen molar-refractivity contribution in [3.8, 4) is 0 Å². The molecule has 2 rings (SSSR count). The molecule has 1 aliphatic heterocycles. The highest BCUT2D eigenvalue weighted by molar-refractivity contribution is 6.17. The highest BCUT2D eigenvalue weighted by Gasteiger charge is 2.18. The predicted molar refractivity (Wildman–Crippen MR) is 71.5 cm³/mol. The minimum atomic E-state index is -0.127. The van der Waals surface area contributed by atoms with Crippen LogP contribution in [0.1, 0.15) is 31.2 Å². The molecular weight excluding hydrogens is 237 g/mol. The lowest BCUT2D eigenvalue weighted by atomic mass is 10.1. The Balaban J connectivity index is 1.82. The van der Waals surface area contributed by atoms with Crippen molar-refractivity contribution in [1.82, 2.24) is 0 Å². The van der Waals surface area contributed by atoms with E-state index in [1.165, 1.54) is 24.8 Å². The van der Waals surface area contributed by atoms with Crippen LogP contribution in [0.25, 0.3) is 0 Å². The Hall–Kier alpha value is -0.760. The van der Waals surface area contributed by atoms with Crippen LogP contribution in [0.2, 0.25) is 0 Å². The van der Waals surface area contributed by atoms with E-state index in [1.807, 2.05) is 6.07 Å². The average molecular weight is 256 g/mol. The lowest BCUT2D eigenvalue weighted by Crippen LogP contribution is -2.21. The molecule has 1 heterocycles. The molecule has 1 aromatic rings. The normalized spacial score (nSPS) is 14.1. The Morgan fingerprint density at radius 1 is 1.18 bits per heavy atom. The number of halogens is 2. The summed E-state index contributed by atoms with van der Waals surface area (Å²) in [5.74, 6) is 0.635. The topological polar surface area (TPSA) is 3.24 Å². The van der Waals surface area contributed by atoms with E-state index in [1.54, 1.807) is 12.1 Å². The van der Waals surface area contributed by atoms with Gasteiger partial charge in [-0.15, -0.1) is 11.6 Å². The van der Waals surface area contributed by atoms with Crippen LogP contribution in [-0.2, 0) is 6.42 Å². The molecule has 0 N–H and O–H groups in total. The predicted octanol–water partition coefficient (Wildman–Crippen LogP) is 3.99. The average Bonchev–Trinajstić information content (AvgIpc) is 2.72. The summed E-state index contributed by atoms with van der Waals surface area (Å²) in [4.78, 5) is 2.30. The lowest BCUT2D eigenvalue weighted by molar-refractivity contribution is 0.625. The Morgan fingerprint density at radius 3 is 2.82 bits per heavy atom. The van der Waals surface area contributed by atoms with Crippen molar-refractivity contribution in [3.05, 3.63) is 29.6 Å². The fraction of sp³-hybridized carbons (Fsp3) is 0.571. The molecule has 0 aliphatic carbocycles. The van der Waals surface area contributed by atoms with Gasteiger partial charge < -0.3 is 4.90 Å². The van der Waals surface area contributed by atoms with Gasteiger partial charge >= 0.3 is 0 Å². The summed E-state index contributed by atoms with van der Waals surface area (Å²) in [5, 5.41) is 0. The van der Waals surface area contributed by atoms with Crippen LogP contribution >= 0.6 is 11.6 Å². The molecule has 0 bridgehead atoms. The van der Waals surface area contributed by atoms with Crippen molar-refractivity contribution in [3.63, 3.8) is 0 Å². The third kappa shape index (κ3) is 3.35.